The van der Waals surface area contributed by atoms with Crippen LogP contribution in [0.25, 0.3) is 0 Å². The highest BCUT2D eigenvalue weighted by Crippen LogP contribution is 2.18. The molecule has 1 atom stereocenters. The number of sulfonamides is 1. The van der Waals surface area contributed by atoms with Crippen molar-refractivity contribution in [2.24, 2.45) is 5.73 Å². The largest absolute Gasteiger partial charge is 0.381 e. The molecule has 1 unspecified atom stereocenters. The zero-order chi connectivity index (χ0) is 15.7. The molecular formula is C15H26N2O3S. The first-order chi connectivity index (χ1) is 10.0. The molecule has 0 aliphatic rings. The fourth-order valence-electron chi connectivity index (χ4n) is 1.86. The predicted octanol–water partition coefficient (Wildman–Crippen LogP) is 2.19. The number of rotatable bonds is 10. The summed E-state index contributed by atoms with van der Waals surface area (Å²) in [4.78, 5) is 0.262. The molecule has 1 aromatic carbocycles. The van der Waals surface area contributed by atoms with Gasteiger partial charge in [0.25, 0.3) is 0 Å². The van der Waals surface area contributed by atoms with Gasteiger partial charge in [0.05, 0.1) is 4.90 Å². The van der Waals surface area contributed by atoms with E-state index in [-0.39, 0.29) is 10.9 Å². The number of nitrogens with two attached hydrogens (primary N) is 1. The SMILES string of the molecule is CCCOCCCNS(=O)(=O)c1cccc(C(N)CC)c1. The lowest BCUT2D eigenvalue weighted by atomic mass is 10.1. The Balaban J connectivity index is 2.58. The summed E-state index contributed by atoms with van der Waals surface area (Å²) in [5, 5.41) is 0. The van der Waals surface area contributed by atoms with E-state index >= 15 is 0 Å². The summed E-state index contributed by atoms with van der Waals surface area (Å²) < 4.78 is 32.3. The molecule has 0 aromatic heterocycles. The van der Waals surface area contributed by atoms with Crippen LogP contribution >= 0.6 is 0 Å². The van der Waals surface area contributed by atoms with Crippen molar-refractivity contribution < 1.29 is 13.2 Å². The highest BCUT2D eigenvalue weighted by atomic mass is 32.2. The summed E-state index contributed by atoms with van der Waals surface area (Å²) in [5.41, 5.74) is 6.78. The lowest BCUT2D eigenvalue weighted by molar-refractivity contribution is 0.133. The average molecular weight is 314 g/mol. The van der Waals surface area contributed by atoms with E-state index in [1.165, 1.54) is 0 Å². The maximum Gasteiger partial charge on any atom is 0.240 e. The van der Waals surface area contributed by atoms with Crippen molar-refractivity contribution >= 4 is 10.0 Å². The van der Waals surface area contributed by atoms with Gasteiger partial charge in [-0.15, -0.1) is 0 Å². The fourth-order valence-corrected chi connectivity index (χ4v) is 2.99. The van der Waals surface area contributed by atoms with E-state index in [4.69, 9.17) is 10.5 Å². The van der Waals surface area contributed by atoms with E-state index in [0.29, 0.717) is 26.2 Å². The molecule has 0 aliphatic carbocycles. The van der Waals surface area contributed by atoms with Gasteiger partial charge in [-0.2, -0.15) is 0 Å². The third-order valence-corrected chi connectivity index (χ3v) is 4.60. The molecule has 0 heterocycles. The Morgan fingerprint density at radius 3 is 2.71 bits per heavy atom. The Kier molecular flexibility index (Phi) is 7.88. The van der Waals surface area contributed by atoms with Crippen LogP contribution in [0.1, 0.15) is 44.7 Å². The molecule has 0 radical (unpaired) electrons. The van der Waals surface area contributed by atoms with Crippen LogP contribution in [0.4, 0.5) is 0 Å². The molecule has 6 heteroatoms. The molecule has 1 aromatic rings. The Morgan fingerprint density at radius 2 is 2.05 bits per heavy atom. The van der Waals surface area contributed by atoms with Gasteiger partial charge in [0, 0.05) is 25.8 Å². The second kappa shape index (κ2) is 9.15. The Hall–Kier alpha value is -0.950. The monoisotopic (exact) mass is 314 g/mol. The van der Waals surface area contributed by atoms with Gasteiger partial charge in [-0.25, -0.2) is 13.1 Å². The van der Waals surface area contributed by atoms with Crippen LogP contribution in [0, 0.1) is 0 Å². The molecule has 21 heavy (non-hydrogen) atoms. The summed E-state index contributed by atoms with van der Waals surface area (Å²) in [6, 6.07) is 6.67. The van der Waals surface area contributed by atoms with E-state index < -0.39 is 10.0 Å². The van der Waals surface area contributed by atoms with Gasteiger partial charge in [-0.05, 0) is 37.0 Å². The predicted molar refractivity (Wildman–Crippen MR) is 84.6 cm³/mol. The van der Waals surface area contributed by atoms with E-state index in [9.17, 15) is 8.42 Å². The van der Waals surface area contributed by atoms with Crippen LogP contribution in [0.15, 0.2) is 29.2 Å². The molecule has 1 rings (SSSR count). The third kappa shape index (κ3) is 6.13. The van der Waals surface area contributed by atoms with Gasteiger partial charge in [-0.1, -0.05) is 26.0 Å². The highest BCUT2D eigenvalue weighted by molar-refractivity contribution is 7.89. The maximum absolute atomic E-state index is 12.2. The van der Waals surface area contributed by atoms with E-state index in [1.54, 1.807) is 18.2 Å². The van der Waals surface area contributed by atoms with Crippen LogP contribution in [0.2, 0.25) is 0 Å². The zero-order valence-corrected chi connectivity index (χ0v) is 13.7. The van der Waals surface area contributed by atoms with Gasteiger partial charge in [-0.3, -0.25) is 0 Å². The van der Waals surface area contributed by atoms with Crippen LogP contribution in [0.5, 0.6) is 0 Å². The van der Waals surface area contributed by atoms with Crippen LogP contribution in [-0.2, 0) is 14.8 Å². The lowest BCUT2D eigenvalue weighted by Crippen LogP contribution is -2.26. The van der Waals surface area contributed by atoms with Crippen LogP contribution < -0.4 is 10.5 Å². The van der Waals surface area contributed by atoms with Crippen molar-refractivity contribution in [2.75, 3.05) is 19.8 Å². The van der Waals surface area contributed by atoms with Crippen molar-refractivity contribution in [3.8, 4) is 0 Å². The minimum absolute atomic E-state index is 0.136. The number of benzene rings is 1. The Morgan fingerprint density at radius 1 is 1.29 bits per heavy atom. The lowest BCUT2D eigenvalue weighted by Gasteiger charge is -2.12. The van der Waals surface area contributed by atoms with Crippen molar-refractivity contribution in [2.45, 2.75) is 44.0 Å². The second-order valence-electron chi connectivity index (χ2n) is 4.95. The standard InChI is InChI=1S/C15H26N2O3S/c1-3-10-20-11-6-9-17-21(18,19)14-8-5-7-13(12-14)15(16)4-2/h5,7-8,12,15,17H,3-4,6,9-11,16H2,1-2H3. The molecule has 0 aliphatic heterocycles. The van der Waals surface area contributed by atoms with Crippen molar-refractivity contribution in [3.63, 3.8) is 0 Å². The van der Waals surface area contributed by atoms with Gasteiger partial charge in [0.15, 0.2) is 0 Å². The topological polar surface area (TPSA) is 81.4 Å². The number of nitrogens with one attached hydrogen (secondary N) is 1. The zero-order valence-electron chi connectivity index (χ0n) is 12.8. The summed E-state index contributed by atoms with van der Waals surface area (Å²) >= 11 is 0. The van der Waals surface area contributed by atoms with Gasteiger partial charge in [0.1, 0.15) is 0 Å². The summed E-state index contributed by atoms with van der Waals surface area (Å²) in [7, 11) is -3.48. The first-order valence-electron chi connectivity index (χ1n) is 7.44. The molecule has 120 valence electrons. The number of hydrogen-bond donors (Lipinski definition) is 2. The normalized spacial score (nSPS) is 13.3. The summed E-state index contributed by atoms with van der Waals surface area (Å²) in [6.07, 6.45) is 2.40. The van der Waals surface area contributed by atoms with E-state index in [2.05, 4.69) is 4.72 Å². The van der Waals surface area contributed by atoms with Crippen LogP contribution in [-0.4, -0.2) is 28.2 Å². The highest BCUT2D eigenvalue weighted by Gasteiger charge is 2.15. The third-order valence-electron chi connectivity index (χ3n) is 3.14. The molecule has 0 saturated heterocycles. The molecular weight excluding hydrogens is 288 g/mol. The fraction of sp³-hybridized carbons (Fsp3) is 0.600. The smallest absolute Gasteiger partial charge is 0.240 e. The van der Waals surface area contributed by atoms with Crippen molar-refractivity contribution in [1.29, 1.82) is 0 Å². The van der Waals surface area contributed by atoms with Gasteiger partial charge in [0.2, 0.25) is 10.0 Å². The second-order valence-corrected chi connectivity index (χ2v) is 6.72. The molecule has 5 nitrogen and oxygen atoms in total. The average Bonchev–Trinajstić information content (AvgIpc) is 2.50. The van der Waals surface area contributed by atoms with E-state index in [1.807, 2.05) is 19.9 Å². The molecule has 3 N–H and O–H groups in total. The minimum Gasteiger partial charge on any atom is -0.381 e. The van der Waals surface area contributed by atoms with Crippen molar-refractivity contribution in [3.05, 3.63) is 29.8 Å². The van der Waals surface area contributed by atoms with Crippen molar-refractivity contribution in [1.82, 2.24) is 4.72 Å². The van der Waals surface area contributed by atoms with Crippen LogP contribution in [0.3, 0.4) is 0 Å². The Bertz CT molecular complexity index is 517. The maximum atomic E-state index is 12.2. The minimum atomic E-state index is -3.48. The van der Waals surface area contributed by atoms with Gasteiger partial charge < -0.3 is 10.5 Å². The molecule has 0 spiro atoms. The first-order valence-corrected chi connectivity index (χ1v) is 8.92. The molecule has 0 bridgehead atoms. The molecule has 0 fully saturated rings. The van der Waals surface area contributed by atoms with Gasteiger partial charge >= 0.3 is 0 Å². The molecule has 0 amide bonds. The summed E-state index contributed by atoms with van der Waals surface area (Å²) in [6.45, 7) is 5.66. The Labute approximate surface area is 127 Å². The first kappa shape index (κ1) is 18.1. The quantitative estimate of drug-likeness (QED) is 0.649. The summed E-state index contributed by atoms with van der Waals surface area (Å²) in [5.74, 6) is 0. The molecule has 0 saturated carbocycles. The van der Waals surface area contributed by atoms with E-state index in [0.717, 1.165) is 18.4 Å². The number of ether oxygens (including phenoxy) is 1. The number of hydrogen-bond acceptors (Lipinski definition) is 4.